The van der Waals surface area contributed by atoms with Gasteiger partial charge in [0, 0.05) is 37.3 Å². The number of anilines is 3. The van der Waals surface area contributed by atoms with Gasteiger partial charge < -0.3 is 25.3 Å². The van der Waals surface area contributed by atoms with Crippen molar-refractivity contribution in [3.8, 4) is 0 Å². The van der Waals surface area contributed by atoms with Crippen molar-refractivity contribution in [2.45, 2.75) is 37.7 Å². The average Bonchev–Trinajstić information content (AvgIpc) is 3.17. The van der Waals surface area contributed by atoms with Gasteiger partial charge in [-0.3, -0.25) is 0 Å². The zero-order chi connectivity index (χ0) is 22.1. The van der Waals surface area contributed by atoms with Crippen molar-refractivity contribution in [2.24, 2.45) is 0 Å². The number of aromatic nitrogens is 2. The highest BCUT2D eigenvalue weighted by atomic mass is 19.1. The highest BCUT2D eigenvalue weighted by Gasteiger charge is 2.37. The van der Waals surface area contributed by atoms with Gasteiger partial charge in [0.15, 0.2) is 11.6 Å². The van der Waals surface area contributed by atoms with Crippen LogP contribution in [0.2, 0.25) is 0 Å². The monoisotopic (exact) mass is 441 g/mol. The smallest absolute Gasteiger partial charge is 0.323 e. The normalized spacial score (nSPS) is 18.1. The number of H-pyrrole nitrogens is 1. The van der Waals surface area contributed by atoms with Gasteiger partial charge in [0.2, 0.25) is 0 Å². The molecule has 1 aromatic carbocycles. The molecule has 4 heterocycles. The number of aromatic amines is 1. The van der Waals surface area contributed by atoms with Crippen LogP contribution in [0.15, 0.2) is 36.7 Å². The summed E-state index contributed by atoms with van der Waals surface area (Å²) >= 11 is 0. The number of benzene rings is 1. The number of hydrogen-bond acceptors (Lipinski definition) is 4. The summed E-state index contributed by atoms with van der Waals surface area (Å²) in [5, 5.41) is 5.95. The molecule has 0 aliphatic carbocycles. The van der Waals surface area contributed by atoms with E-state index in [0.29, 0.717) is 35.5 Å². The fourth-order valence-corrected chi connectivity index (χ4v) is 4.65. The molecule has 0 bridgehead atoms. The number of ether oxygens (including phenoxy) is 1. The van der Waals surface area contributed by atoms with E-state index in [1.807, 2.05) is 4.90 Å². The predicted octanol–water partition coefficient (Wildman–Crippen LogP) is 5.02. The van der Waals surface area contributed by atoms with Gasteiger partial charge in [0.25, 0.3) is 0 Å². The minimum Gasteiger partial charge on any atom is -0.375 e. The molecule has 2 saturated heterocycles. The van der Waals surface area contributed by atoms with Gasteiger partial charge in [0.05, 0.1) is 28.7 Å². The van der Waals surface area contributed by atoms with E-state index in [1.54, 1.807) is 12.3 Å². The molecule has 1 spiro atoms. The number of pyridine rings is 1. The summed E-state index contributed by atoms with van der Waals surface area (Å²) in [4.78, 5) is 21.5. The third-order valence-corrected chi connectivity index (χ3v) is 6.38. The summed E-state index contributed by atoms with van der Waals surface area (Å²) in [7, 11) is 0. The van der Waals surface area contributed by atoms with Crippen LogP contribution in [0, 0.1) is 11.6 Å². The van der Waals surface area contributed by atoms with Crippen molar-refractivity contribution in [2.75, 3.05) is 35.2 Å². The van der Waals surface area contributed by atoms with Gasteiger partial charge in [-0.05, 0) is 50.3 Å². The van der Waals surface area contributed by atoms with Crippen LogP contribution in [-0.2, 0) is 4.74 Å². The molecule has 2 fully saturated rings. The third-order valence-electron chi connectivity index (χ3n) is 6.38. The first-order chi connectivity index (χ1) is 15.5. The number of amides is 2. The van der Waals surface area contributed by atoms with Crippen LogP contribution in [0.1, 0.15) is 32.1 Å². The number of urea groups is 1. The standard InChI is InChI=1S/C23H25F2N5O2/c24-15-3-4-17-19(11-15)26-14-20(17)29-22(31)28-16-12-18(25)21(27-13-16)30-8-6-23(7-9-30)5-1-2-10-32-23/h3-4,11-14,26H,1-2,5-10H2,(H2,28,29,31). The highest BCUT2D eigenvalue weighted by molar-refractivity contribution is 6.05. The van der Waals surface area contributed by atoms with Crippen LogP contribution in [0.4, 0.5) is 30.8 Å². The summed E-state index contributed by atoms with van der Waals surface area (Å²) in [5.41, 5.74) is 1.26. The van der Waals surface area contributed by atoms with Crippen molar-refractivity contribution >= 4 is 34.1 Å². The molecule has 2 aromatic heterocycles. The maximum atomic E-state index is 14.8. The largest absolute Gasteiger partial charge is 0.375 e. The molecule has 7 nitrogen and oxygen atoms in total. The van der Waals surface area contributed by atoms with E-state index in [4.69, 9.17) is 4.74 Å². The topological polar surface area (TPSA) is 82.3 Å². The summed E-state index contributed by atoms with van der Waals surface area (Å²) in [5.74, 6) is -0.557. The number of piperidine rings is 1. The first-order valence-corrected chi connectivity index (χ1v) is 10.9. The number of carbonyl (C=O) groups is 1. The lowest BCUT2D eigenvalue weighted by Gasteiger charge is -2.44. The molecule has 32 heavy (non-hydrogen) atoms. The molecule has 2 aliphatic rings. The lowest BCUT2D eigenvalue weighted by atomic mass is 9.84. The molecule has 2 amide bonds. The van der Waals surface area contributed by atoms with Crippen LogP contribution in [-0.4, -0.2) is 41.3 Å². The number of hydrogen-bond donors (Lipinski definition) is 3. The van der Waals surface area contributed by atoms with Gasteiger partial charge in [-0.25, -0.2) is 18.6 Å². The molecule has 5 rings (SSSR count). The van der Waals surface area contributed by atoms with Gasteiger partial charge in [-0.15, -0.1) is 0 Å². The molecule has 3 aromatic rings. The number of halogens is 2. The van der Waals surface area contributed by atoms with Crippen molar-refractivity contribution in [1.82, 2.24) is 9.97 Å². The lowest BCUT2D eigenvalue weighted by molar-refractivity contribution is -0.0921. The van der Waals surface area contributed by atoms with E-state index in [2.05, 4.69) is 20.6 Å². The van der Waals surface area contributed by atoms with E-state index >= 15 is 0 Å². The number of carbonyl (C=O) groups excluding carboxylic acids is 1. The SMILES string of the molecule is O=C(Nc1cnc(N2CCC3(CCCCO3)CC2)c(F)c1)Nc1c[nH]c2cc(F)ccc12. The van der Waals surface area contributed by atoms with Gasteiger partial charge >= 0.3 is 6.03 Å². The summed E-state index contributed by atoms with van der Waals surface area (Å²) < 4.78 is 34.2. The van der Waals surface area contributed by atoms with Gasteiger partial charge in [-0.1, -0.05) is 0 Å². The zero-order valence-corrected chi connectivity index (χ0v) is 17.6. The van der Waals surface area contributed by atoms with E-state index in [-0.39, 0.29) is 17.1 Å². The maximum Gasteiger partial charge on any atom is 0.323 e. The maximum absolute atomic E-state index is 14.8. The number of rotatable bonds is 3. The number of nitrogens with zero attached hydrogens (tertiary/aromatic N) is 2. The Hall–Kier alpha value is -3.20. The quantitative estimate of drug-likeness (QED) is 0.533. The molecule has 0 atom stereocenters. The molecule has 0 saturated carbocycles. The van der Waals surface area contributed by atoms with E-state index in [9.17, 15) is 13.6 Å². The second-order valence-corrected chi connectivity index (χ2v) is 8.48. The van der Waals surface area contributed by atoms with Crippen LogP contribution in [0.3, 0.4) is 0 Å². The Kier molecular flexibility index (Phi) is 5.42. The lowest BCUT2D eigenvalue weighted by Crippen LogP contribution is -2.48. The molecule has 0 radical (unpaired) electrons. The van der Waals surface area contributed by atoms with Crippen molar-refractivity contribution in [1.29, 1.82) is 0 Å². The Labute approximate surface area is 184 Å². The fraction of sp³-hybridized carbons (Fsp3) is 0.391. The molecule has 9 heteroatoms. The van der Waals surface area contributed by atoms with Crippen molar-refractivity contribution in [3.05, 3.63) is 48.3 Å². The van der Waals surface area contributed by atoms with Crippen LogP contribution in [0.5, 0.6) is 0 Å². The molecular formula is C23H25F2N5O2. The van der Waals surface area contributed by atoms with Crippen molar-refractivity contribution < 1.29 is 18.3 Å². The molecular weight excluding hydrogens is 416 g/mol. The minimum absolute atomic E-state index is 0.0566. The molecule has 0 unspecified atom stereocenters. The van der Waals surface area contributed by atoms with Crippen LogP contribution >= 0.6 is 0 Å². The van der Waals surface area contributed by atoms with Gasteiger partial charge in [-0.2, -0.15) is 0 Å². The summed E-state index contributed by atoms with van der Waals surface area (Å²) in [6.07, 6.45) is 8.12. The van der Waals surface area contributed by atoms with E-state index in [1.165, 1.54) is 30.8 Å². The van der Waals surface area contributed by atoms with Crippen LogP contribution in [0.25, 0.3) is 10.9 Å². The molecule has 3 N–H and O–H groups in total. The Morgan fingerprint density at radius 1 is 1.12 bits per heavy atom. The van der Waals surface area contributed by atoms with E-state index < -0.39 is 11.8 Å². The third kappa shape index (κ3) is 4.12. The molecule has 2 aliphatic heterocycles. The zero-order valence-electron chi connectivity index (χ0n) is 17.6. The Balaban J connectivity index is 1.22. The van der Waals surface area contributed by atoms with E-state index in [0.717, 1.165) is 32.3 Å². The number of nitrogens with one attached hydrogen (secondary N) is 3. The average molecular weight is 441 g/mol. The summed E-state index contributed by atoms with van der Waals surface area (Å²) in [6.45, 7) is 2.20. The first kappa shape index (κ1) is 20.7. The Bertz CT molecular complexity index is 1130. The highest BCUT2D eigenvalue weighted by Crippen LogP contribution is 2.36. The summed E-state index contributed by atoms with van der Waals surface area (Å²) in [6, 6.07) is 4.97. The molecule has 168 valence electrons. The number of fused-ring (bicyclic) bond motifs is 1. The second-order valence-electron chi connectivity index (χ2n) is 8.48. The Morgan fingerprint density at radius 3 is 2.72 bits per heavy atom. The predicted molar refractivity (Wildman–Crippen MR) is 119 cm³/mol. The first-order valence-electron chi connectivity index (χ1n) is 10.9. The van der Waals surface area contributed by atoms with Crippen molar-refractivity contribution in [3.63, 3.8) is 0 Å². The minimum atomic E-state index is -0.543. The fourth-order valence-electron chi connectivity index (χ4n) is 4.65. The van der Waals surface area contributed by atoms with Gasteiger partial charge in [0.1, 0.15) is 5.82 Å². The Morgan fingerprint density at radius 2 is 1.97 bits per heavy atom. The van der Waals surface area contributed by atoms with Crippen LogP contribution < -0.4 is 15.5 Å². The second kappa shape index (κ2) is 8.38.